The molecule has 0 saturated carbocycles. The normalized spacial score (nSPS) is 10.7. The Bertz CT molecular complexity index is 639. The number of nitrogens with two attached hydrogens (primary N) is 1. The molecule has 0 fully saturated rings. The SMILES string of the molecule is CCCCCNc1nc(-c2cc(N)cnc2C)cnc1CCC. The van der Waals surface area contributed by atoms with Crippen LogP contribution in [0.3, 0.4) is 0 Å². The molecule has 5 nitrogen and oxygen atoms in total. The highest BCUT2D eigenvalue weighted by Crippen LogP contribution is 2.24. The molecule has 0 amide bonds. The fourth-order valence-electron chi connectivity index (χ4n) is 2.50. The van der Waals surface area contributed by atoms with Crippen LogP contribution >= 0.6 is 0 Å². The van der Waals surface area contributed by atoms with E-state index in [0.717, 1.165) is 54.3 Å². The van der Waals surface area contributed by atoms with Crippen LogP contribution in [0.5, 0.6) is 0 Å². The predicted molar refractivity (Wildman–Crippen MR) is 96.4 cm³/mol. The van der Waals surface area contributed by atoms with Crippen LogP contribution < -0.4 is 11.1 Å². The molecule has 0 aliphatic heterocycles. The van der Waals surface area contributed by atoms with E-state index in [0.29, 0.717) is 5.69 Å². The van der Waals surface area contributed by atoms with E-state index in [9.17, 15) is 0 Å². The van der Waals surface area contributed by atoms with E-state index in [1.54, 1.807) is 6.20 Å². The summed E-state index contributed by atoms with van der Waals surface area (Å²) in [6.07, 6.45) is 9.05. The van der Waals surface area contributed by atoms with Gasteiger partial charge in [0.05, 0.1) is 29.5 Å². The molecule has 23 heavy (non-hydrogen) atoms. The number of nitrogens with one attached hydrogen (secondary N) is 1. The average Bonchev–Trinajstić information content (AvgIpc) is 2.55. The van der Waals surface area contributed by atoms with Gasteiger partial charge in [-0.3, -0.25) is 9.97 Å². The Morgan fingerprint density at radius 3 is 2.65 bits per heavy atom. The Balaban J connectivity index is 2.29. The Morgan fingerprint density at radius 1 is 1.09 bits per heavy atom. The minimum Gasteiger partial charge on any atom is -0.397 e. The van der Waals surface area contributed by atoms with E-state index < -0.39 is 0 Å². The minimum absolute atomic E-state index is 0.641. The highest BCUT2D eigenvalue weighted by Gasteiger charge is 2.11. The van der Waals surface area contributed by atoms with Gasteiger partial charge in [-0.25, -0.2) is 4.98 Å². The quantitative estimate of drug-likeness (QED) is 0.721. The Kier molecular flexibility index (Phi) is 6.32. The molecule has 5 heteroatoms. The third-order valence-electron chi connectivity index (χ3n) is 3.79. The van der Waals surface area contributed by atoms with Crippen LogP contribution in [0.1, 0.15) is 50.9 Å². The van der Waals surface area contributed by atoms with Crippen molar-refractivity contribution in [3.8, 4) is 11.3 Å². The third kappa shape index (κ3) is 4.65. The van der Waals surface area contributed by atoms with Gasteiger partial charge < -0.3 is 11.1 Å². The van der Waals surface area contributed by atoms with E-state index in [1.165, 1.54) is 12.8 Å². The van der Waals surface area contributed by atoms with Crippen LogP contribution in [0.2, 0.25) is 0 Å². The summed E-state index contributed by atoms with van der Waals surface area (Å²) in [5, 5.41) is 3.45. The Labute approximate surface area is 138 Å². The summed E-state index contributed by atoms with van der Waals surface area (Å²) in [6, 6.07) is 1.91. The second-order valence-electron chi connectivity index (χ2n) is 5.84. The fourth-order valence-corrected chi connectivity index (χ4v) is 2.50. The second-order valence-corrected chi connectivity index (χ2v) is 5.84. The lowest BCUT2D eigenvalue weighted by Gasteiger charge is -2.12. The van der Waals surface area contributed by atoms with E-state index in [4.69, 9.17) is 10.7 Å². The number of nitrogens with zero attached hydrogens (tertiary/aromatic N) is 3. The van der Waals surface area contributed by atoms with Gasteiger partial charge in [0.2, 0.25) is 0 Å². The standard InChI is InChI=1S/C18H27N5/c1-4-6-7-9-20-18-16(8-5-2)22-12-17(23-18)15-10-14(19)11-21-13(15)3/h10-12H,4-9,19H2,1-3H3,(H,20,23). The van der Waals surface area contributed by atoms with Crippen molar-refractivity contribution in [2.45, 2.75) is 52.9 Å². The highest BCUT2D eigenvalue weighted by molar-refractivity contribution is 5.66. The van der Waals surface area contributed by atoms with Crippen molar-refractivity contribution in [3.63, 3.8) is 0 Å². The maximum atomic E-state index is 5.87. The number of rotatable bonds is 8. The summed E-state index contributed by atoms with van der Waals surface area (Å²) >= 11 is 0. The topological polar surface area (TPSA) is 76.7 Å². The van der Waals surface area contributed by atoms with Crippen molar-refractivity contribution in [1.29, 1.82) is 0 Å². The van der Waals surface area contributed by atoms with Crippen molar-refractivity contribution in [1.82, 2.24) is 15.0 Å². The number of nitrogen functional groups attached to an aromatic ring is 1. The summed E-state index contributed by atoms with van der Waals surface area (Å²) in [6.45, 7) is 7.25. The highest BCUT2D eigenvalue weighted by atomic mass is 15.0. The summed E-state index contributed by atoms with van der Waals surface area (Å²) < 4.78 is 0. The van der Waals surface area contributed by atoms with E-state index in [1.807, 2.05) is 19.2 Å². The summed E-state index contributed by atoms with van der Waals surface area (Å²) in [4.78, 5) is 13.7. The predicted octanol–water partition coefficient (Wildman–Crippen LogP) is 3.98. The second kappa shape index (κ2) is 8.46. The van der Waals surface area contributed by atoms with Gasteiger partial charge in [0.1, 0.15) is 5.82 Å². The van der Waals surface area contributed by atoms with Gasteiger partial charge in [0.15, 0.2) is 0 Å². The zero-order valence-electron chi connectivity index (χ0n) is 14.4. The number of aryl methyl sites for hydroxylation is 2. The lowest BCUT2D eigenvalue weighted by Crippen LogP contribution is -2.09. The lowest BCUT2D eigenvalue weighted by atomic mass is 10.1. The molecule has 2 aromatic heterocycles. The number of anilines is 2. The number of aromatic nitrogens is 3. The van der Waals surface area contributed by atoms with Gasteiger partial charge in [0.25, 0.3) is 0 Å². The Morgan fingerprint density at radius 2 is 1.91 bits per heavy atom. The first-order chi connectivity index (χ1) is 11.2. The summed E-state index contributed by atoms with van der Waals surface area (Å²) in [5.74, 6) is 0.891. The molecule has 3 N–H and O–H groups in total. The molecule has 0 aliphatic rings. The number of pyridine rings is 1. The van der Waals surface area contributed by atoms with Crippen LogP contribution in [0, 0.1) is 6.92 Å². The first kappa shape index (κ1) is 17.2. The van der Waals surface area contributed by atoms with E-state index >= 15 is 0 Å². The van der Waals surface area contributed by atoms with Crippen LogP contribution in [0.15, 0.2) is 18.5 Å². The van der Waals surface area contributed by atoms with Crippen LogP contribution in [-0.2, 0) is 6.42 Å². The molecule has 0 atom stereocenters. The fraction of sp³-hybridized carbons (Fsp3) is 0.500. The van der Waals surface area contributed by atoms with Crippen molar-refractivity contribution >= 4 is 11.5 Å². The molecule has 0 radical (unpaired) electrons. The van der Waals surface area contributed by atoms with Crippen molar-refractivity contribution < 1.29 is 0 Å². The number of unbranched alkanes of at least 4 members (excludes halogenated alkanes) is 2. The maximum Gasteiger partial charge on any atom is 0.148 e. The van der Waals surface area contributed by atoms with E-state index in [-0.39, 0.29) is 0 Å². The van der Waals surface area contributed by atoms with Gasteiger partial charge >= 0.3 is 0 Å². The molecular weight excluding hydrogens is 286 g/mol. The van der Waals surface area contributed by atoms with Crippen LogP contribution in [-0.4, -0.2) is 21.5 Å². The first-order valence-electron chi connectivity index (χ1n) is 8.48. The van der Waals surface area contributed by atoms with Gasteiger partial charge in [-0.1, -0.05) is 33.1 Å². The summed E-state index contributed by atoms with van der Waals surface area (Å²) in [7, 11) is 0. The third-order valence-corrected chi connectivity index (χ3v) is 3.79. The van der Waals surface area contributed by atoms with Gasteiger partial charge in [-0.2, -0.15) is 0 Å². The smallest absolute Gasteiger partial charge is 0.148 e. The van der Waals surface area contributed by atoms with E-state index in [2.05, 4.69) is 29.1 Å². The molecule has 0 unspecified atom stereocenters. The number of hydrogen-bond donors (Lipinski definition) is 2. The lowest BCUT2D eigenvalue weighted by molar-refractivity contribution is 0.740. The van der Waals surface area contributed by atoms with Crippen LogP contribution in [0.25, 0.3) is 11.3 Å². The van der Waals surface area contributed by atoms with Gasteiger partial charge in [-0.05, 0) is 25.8 Å². The van der Waals surface area contributed by atoms with Crippen molar-refractivity contribution in [3.05, 3.63) is 29.8 Å². The monoisotopic (exact) mass is 313 g/mol. The maximum absolute atomic E-state index is 5.87. The summed E-state index contributed by atoms with van der Waals surface area (Å²) in [5.41, 5.74) is 10.2. The van der Waals surface area contributed by atoms with Gasteiger partial charge in [0, 0.05) is 17.8 Å². The molecule has 0 saturated heterocycles. The Hall–Kier alpha value is -2.17. The first-order valence-corrected chi connectivity index (χ1v) is 8.48. The molecule has 124 valence electrons. The van der Waals surface area contributed by atoms with Crippen molar-refractivity contribution in [2.24, 2.45) is 0 Å². The molecule has 0 spiro atoms. The van der Waals surface area contributed by atoms with Crippen LogP contribution in [0.4, 0.5) is 11.5 Å². The zero-order valence-corrected chi connectivity index (χ0v) is 14.4. The van der Waals surface area contributed by atoms with Crippen molar-refractivity contribution in [2.75, 3.05) is 17.6 Å². The molecule has 0 bridgehead atoms. The largest absolute Gasteiger partial charge is 0.397 e. The molecule has 0 aromatic carbocycles. The number of hydrogen-bond acceptors (Lipinski definition) is 5. The molecule has 2 aromatic rings. The molecular formula is C18H27N5. The van der Waals surface area contributed by atoms with Gasteiger partial charge in [-0.15, -0.1) is 0 Å². The molecule has 2 heterocycles. The minimum atomic E-state index is 0.641. The zero-order chi connectivity index (χ0) is 16.7. The molecule has 2 rings (SSSR count). The average molecular weight is 313 g/mol. The molecule has 0 aliphatic carbocycles.